The topological polar surface area (TPSA) is 39.7 Å². The maximum atomic E-state index is 13.6. The molecule has 168 valence electrons. The van der Waals surface area contributed by atoms with Gasteiger partial charge in [-0.25, -0.2) is 4.98 Å². The number of para-hydroxylation sites is 1. The molecule has 1 aliphatic rings. The third-order valence-electron chi connectivity index (χ3n) is 6.53. The highest BCUT2D eigenvalue weighted by molar-refractivity contribution is 5.97. The van der Waals surface area contributed by atoms with Crippen molar-refractivity contribution >= 4 is 17.4 Å². The number of rotatable bonds is 7. The Bertz CT molecular complexity index is 867. The maximum absolute atomic E-state index is 13.6. The van der Waals surface area contributed by atoms with Crippen molar-refractivity contribution in [1.29, 1.82) is 0 Å². The monoisotopic (exact) mass is 422 g/mol. The molecule has 0 atom stereocenters. The number of hydrogen-bond donors (Lipinski definition) is 0. The normalized spacial score (nSPS) is 15.4. The fourth-order valence-electron chi connectivity index (χ4n) is 3.92. The van der Waals surface area contributed by atoms with Crippen LogP contribution in [0.5, 0.6) is 0 Å². The van der Waals surface area contributed by atoms with Gasteiger partial charge in [-0.15, -0.1) is 0 Å². The summed E-state index contributed by atoms with van der Waals surface area (Å²) in [5.41, 5.74) is 2.84. The van der Waals surface area contributed by atoms with Gasteiger partial charge in [-0.1, -0.05) is 58.9 Å². The molecule has 2 aromatic rings. The van der Waals surface area contributed by atoms with Gasteiger partial charge in [-0.05, 0) is 42.6 Å². The van der Waals surface area contributed by atoms with Crippen LogP contribution in [-0.2, 0) is 11.3 Å². The van der Waals surface area contributed by atoms with Gasteiger partial charge in [-0.3, -0.25) is 4.79 Å². The maximum Gasteiger partial charge on any atom is 0.232 e. The Morgan fingerprint density at radius 1 is 1.10 bits per heavy atom. The van der Waals surface area contributed by atoms with Crippen molar-refractivity contribution in [3.63, 3.8) is 0 Å². The molecule has 0 aliphatic carbocycles. The summed E-state index contributed by atoms with van der Waals surface area (Å²) in [5.74, 6) is 1.52. The summed E-state index contributed by atoms with van der Waals surface area (Å²) < 4.78 is 0. The predicted molar refractivity (Wildman–Crippen MR) is 130 cm³/mol. The van der Waals surface area contributed by atoms with Gasteiger partial charge in [0.1, 0.15) is 5.82 Å². The molecule has 1 aromatic heterocycles. The van der Waals surface area contributed by atoms with Gasteiger partial charge in [-0.2, -0.15) is 0 Å². The van der Waals surface area contributed by atoms with Crippen molar-refractivity contribution in [2.24, 2.45) is 5.41 Å². The van der Waals surface area contributed by atoms with Crippen LogP contribution in [0, 0.1) is 5.41 Å². The number of carbonyl (C=O) groups is 1. The zero-order chi connectivity index (χ0) is 22.6. The van der Waals surface area contributed by atoms with Crippen LogP contribution in [0.25, 0.3) is 0 Å². The van der Waals surface area contributed by atoms with Crippen LogP contribution in [0.15, 0.2) is 42.6 Å². The molecule has 1 fully saturated rings. The lowest BCUT2D eigenvalue weighted by atomic mass is 9.87. The van der Waals surface area contributed by atoms with E-state index in [4.69, 9.17) is 4.98 Å². The first-order chi connectivity index (χ1) is 14.7. The van der Waals surface area contributed by atoms with Crippen molar-refractivity contribution in [1.82, 2.24) is 9.88 Å². The number of nitrogens with zero attached hydrogens (tertiary/aromatic N) is 4. The molecule has 2 heterocycles. The lowest BCUT2D eigenvalue weighted by molar-refractivity contribution is -0.126. The zero-order valence-corrected chi connectivity index (χ0v) is 20.1. The highest BCUT2D eigenvalue weighted by atomic mass is 16.2. The van der Waals surface area contributed by atoms with E-state index in [1.54, 1.807) is 0 Å². The number of pyridine rings is 1. The van der Waals surface area contributed by atoms with E-state index in [1.165, 1.54) is 5.56 Å². The van der Waals surface area contributed by atoms with Gasteiger partial charge in [0, 0.05) is 43.5 Å². The summed E-state index contributed by atoms with van der Waals surface area (Å²) in [6, 6.07) is 12.5. The van der Waals surface area contributed by atoms with E-state index in [9.17, 15) is 4.79 Å². The van der Waals surface area contributed by atoms with E-state index < -0.39 is 5.41 Å². The second kappa shape index (κ2) is 9.82. The Morgan fingerprint density at radius 3 is 2.35 bits per heavy atom. The molecular weight excluding hydrogens is 384 g/mol. The van der Waals surface area contributed by atoms with Crippen molar-refractivity contribution in [3.8, 4) is 0 Å². The lowest BCUT2D eigenvalue weighted by Crippen LogP contribution is -2.44. The van der Waals surface area contributed by atoms with Gasteiger partial charge >= 0.3 is 0 Å². The van der Waals surface area contributed by atoms with Crippen molar-refractivity contribution in [2.45, 2.75) is 53.5 Å². The molecule has 0 spiro atoms. The smallest absolute Gasteiger partial charge is 0.232 e. The number of benzene rings is 1. The molecule has 1 amide bonds. The average molecular weight is 423 g/mol. The predicted octanol–water partition coefficient (Wildman–Crippen LogP) is 4.93. The van der Waals surface area contributed by atoms with Crippen LogP contribution in [0.4, 0.5) is 11.5 Å². The molecule has 1 aromatic carbocycles. The molecule has 1 saturated heterocycles. The first-order valence-electron chi connectivity index (χ1n) is 11.5. The van der Waals surface area contributed by atoms with Crippen LogP contribution in [0.1, 0.15) is 58.1 Å². The number of amides is 1. The SMILES string of the molecule is CCC(C)(C)C(=O)N(Cc1ccc(N2CCN(C)CC2)nc1)c1ccccc1C(C)C. The summed E-state index contributed by atoms with van der Waals surface area (Å²) in [6.07, 6.45) is 2.73. The van der Waals surface area contributed by atoms with Crippen LogP contribution in [0.3, 0.4) is 0 Å². The molecule has 0 unspecified atom stereocenters. The molecular formula is C26H38N4O. The number of anilines is 2. The van der Waals surface area contributed by atoms with E-state index in [-0.39, 0.29) is 5.91 Å². The average Bonchev–Trinajstić information content (AvgIpc) is 2.78. The minimum absolute atomic E-state index is 0.159. The quantitative estimate of drug-likeness (QED) is 0.634. The summed E-state index contributed by atoms with van der Waals surface area (Å²) in [5, 5.41) is 0. The largest absolute Gasteiger partial charge is 0.354 e. The number of piperazine rings is 1. The Hall–Kier alpha value is -2.40. The second-order valence-corrected chi connectivity index (χ2v) is 9.66. The van der Waals surface area contributed by atoms with Gasteiger partial charge < -0.3 is 14.7 Å². The first-order valence-corrected chi connectivity index (χ1v) is 11.5. The van der Waals surface area contributed by atoms with Gasteiger partial charge in [0.15, 0.2) is 0 Å². The molecule has 0 bridgehead atoms. The Labute approximate surface area is 188 Å². The fraction of sp³-hybridized carbons (Fsp3) is 0.538. The van der Waals surface area contributed by atoms with Crippen LogP contribution in [-0.4, -0.2) is 49.0 Å². The van der Waals surface area contributed by atoms with Gasteiger partial charge in [0.25, 0.3) is 0 Å². The lowest BCUT2D eigenvalue weighted by Gasteiger charge is -2.34. The Balaban J connectivity index is 1.88. The van der Waals surface area contributed by atoms with Gasteiger partial charge in [0.2, 0.25) is 5.91 Å². The number of aromatic nitrogens is 1. The van der Waals surface area contributed by atoms with Crippen LogP contribution < -0.4 is 9.80 Å². The number of hydrogen-bond acceptors (Lipinski definition) is 4. The standard InChI is InChI=1S/C26H38N4O/c1-7-26(4,5)25(31)30(23-11-9-8-10-22(23)20(2)3)19-21-12-13-24(27-18-21)29-16-14-28(6)15-17-29/h8-13,18,20H,7,14-17,19H2,1-6H3. The van der Waals surface area contributed by atoms with Crippen molar-refractivity contribution < 1.29 is 4.79 Å². The third-order valence-corrected chi connectivity index (χ3v) is 6.53. The van der Waals surface area contributed by atoms with E-state index in [1.807, 2.05) is 31.0 Å². The Morgan fingerprint density at radius 2 is 1.77 bits per heavy atom. The molecule has 31 heavy (non-hydrogen) atoms. The highest BCUT2D eigenvalue weighted by Crippen LogP contribution is 2.33. The second-order valence-electron chi connectivity index (χ2n) is 9.66. The van der Waals surface area contributed by atoms with E-state index in [2.05, 4.69) is 68.0 Å². The fourth-order valence-corrected chi connectivity index (χ4v) is 3.92. The molecule has 3 rings (SSSR count). The Kier molecular flexibility index (Phi) is 7.37. The minimum Gasteiger partial charge on any atom is -0.354 e. The number of carbonyl (C=O) groups excluding carboxylic acids is 1. The third kappa shape index (κ3) is 5.45. The van der Waals surface area contributed by atoms with E-state index in [0.29, 0.717) is 12.5 Å². The summed E-state index contributed by atoms with van der Waals surface area (Å²) in [4.78, 5) is 25.0. The van der Waals surface area contributed by atoms with Crippen LogP contribution >= 0.6 is 0 Å². The van der Waals surface area contributed by atoms with Crippen LogP contribution in [0.2, 0.25) is 0 Å². The zero-order valence-electron chi connectivity index (χ0n) is 20.1. The van der Waals surface area contributed by atoms with Gasteiger partial charge in [0.05, 0.1) is 6.54 Å². The summed E-state index contributed by atoms with van der Waals surface area (Å²) in [6.45, 7) is 15.2. The summed E-state index contributed by atoms with van der Waals surface area (Å²) in [7, 11) is 2.16. The molecule has 0 radical (unpaired) electrons. The number of likely N-dealkylation sites (N-methyl/N-ethyl adjacent to an activating group) is 1. The highest BCUT2D eigenvalue weighted by Gasteiger charge is 2.32. The van der Waals surface area contributed by atoms with Crippen molar-refractivity contribution in [2.75, 3.05) is 43.0 Å². The molecule has 5 heteroatoms. The molecule has 0 saturated carbocycles. The molecule has 5 nitrogen and oxygen atoms in total. The summed E-state index contributed by atoms with van der Waals surface area (Å²) >= 11 is 0. The molecule has 0 N–H and O–H groups in total. The van der Waals surface area contributed by atoms with E-state index >= 15 is 0 Å². The molecule has 1 aliphatic heterocycles. The first kappa shape index (κ1) is 23.3. The minimum atomic E-state index is -0.419. The van der Waals surface area contributed by atoms with Crippen molar-refractivity contribution in [3.05, 3.63) is 53.7 Å². The van der Waals surface area contributed by atoms with E-state index in [0.717, 1.165) is 49.7 Å².